The van der Waals surface area contributed by atoms with Crippen LogP contribution in [-0.4, -0.2) is 16.4 Å². The Bertz CT molecular complexity index is 256. The van der Waals surface area contributed by atoms with Crippen LogP contribution in [0.3, 0.4) is 0 Å². The van der Waals surface area contributed by atoms with Crippen molar-refractivity contribution >= 4 is 15.9 Å². The predicted molar refractivity (Wildman–Crippen MR) is 44.3 cm³/mol. The van der Waals surface area contributed by atoms with Gasteiger partial charge in [-0.15, -0.1) is 0 Å². The Labute approximate surface area is 73.5 Å². The van der Waals surface area contributed by atoms with Gasteiger partial charge in [0, 0.05) is 24.7 Å². The Morgan fingerprint density at radius 3 is 3.18 bits per heavy atom. The summed E-state index contributed by atoms with van der Waals surface area (Å²) in [5.41, 5.74) is 2.50. The number of hydrogen-bond donors (Lipinski definition) is 0. The second kappa shape index (κ2) is 2.60. The Morgan fingerprint density at radius 1 is 1.64 bits per heavy atom. The molecule has 3 nitrogen and oxygen atoms in total. The van der Waals surface area contributed by atoms with Crippen LogP contribution in [-0.2, 0) is 24.8 Å². The van der Waals surface area contributed by atoms with Crippen molar-refractivity contribution in [1.29, 1.82) is 0 Å². The maximum absolute atomic E-state index is 5.31. The number of halogens is 1. The lowest BCUT2D eigenvalue weighted by molar-refractivity contribution is 0.108. The Kier molecular flexibility index (Phi) is 1.73. The summed E-state index contributed by atoms with van der Waals surface area (Å²) in [6.45, 7) is 1.52. The molecule has 0 saturated carbocycles. The summed E-state index contributed by atoms with van der Waals surface area (Å²) in [6, 6.07) is 0. The second-order valence-electron chi connectivity index (χ2n) is 2.64. The number of nitrogens with zero attached hydrogens (tertiary/aromatic N) is 2. The number of fused-ring (bicyclic) bond motifs is 1. The molecule has 11 heavy (non-hydrogen) atoms. The molecule has 0 N–H and O–H groups in total. The number of rotatable bonds is 0. The third-order valence-electron chi connectivity index (χ3n) is 1.96. The van der Waals surface area contributed by atoms with Gasteiger partial charge in [0.25, 0.3) is 0 Å². The summed E-state index contributed by atoms with van der Waals surface area (Å²) in [7, 11) is 1.97. The van der Waals surface area contributed by atoms with E-state index < -0.39 is 0 Å². The first kappa shape index (κ1) is 7.31. The van der Waals surface area contributed by atoms with Crippen LogP contribution in [0, 0.1) is 0 Å². The SMILES string of the molecule is Cn1nc(Br)c2c1CCOC2. The molecule has 60 valence electrons. The van der Waals surface area contributed by atoms with Gasteiger partial charge in [0.15, 0.2) is 0 Å². The first-order valence-corrected chi connectivity index (χ1v) is 4.36. The molecule has 0 bridgehead atoms. The molecular formula is C7H9BrN2O. The molecule has 0 unspecified atom stereocenters. The topological polar surface area (TPSA) is 27.1 Å². The highest BCUT2D eigenvalue weighted by molar-refractivity contribution is 9.10. The van der Waals surface area contributed by atoms with Crippen molar-refractivity contribution < 1.29 is 4.74 Å². The fourth-order valence-electron chi connectivity index (χ4n) is 1.37. The van der Waals surface area contributed by atoms with Crippen molar-refractivity contribution in [3.8, 4) is 0 Å². The van der Waals surface area contributed by atoms with Gasteiger partial charge in [0.2, 0.25) is 0 Å². The molecule has 0 atom stereocenters. The number of aromatic nitrogens is 2. The van der Waals surface area contributed by atoms with E-state index in [2.05, 4.69) is 21.0 Å². The molecule has 0 radical (unpaired) electrons. The lowest BCUT2D eigenvalue weighted by atomic mass is 10.2. The minimum absolute atomic E-state index is 0.698. The van der Waals surface area contributed by atoms with Gasteiger partial charge in [-0.1, -0.05) is 0 Å². The van der Waals surface area contributed by atoms with Crippen LogP contribution in [0.1, 0.15) is 11.3 Å². The second-order valence-corrected chi connectivity index (χ2v) is 3.39. The van der Waals surface area contributed by atoms with Gasteiger partial charge in [-0.3, -0.25) is 4.68 Å². The first-order chi connectivity index (χ1) is 5.29. The highest BCUT2D eigenvalue weighted by Crippen LogP contribution is 2.23. The fourth-order valence-corrected chi connectivity index (χ4v) is 1.95. The summed E-state index contributed by atoms with van der Waals surface area (Å²) in [4.78, 5) is 0. The molecular weight excluding hydrogens is 208 g/mol. The van der Waals surface area contributed by atoms with Gasteiger partial charge in [-0.05, 0) is 15.9 Å². The molecule has 1 aromatic heterocycles. The first-order valence-electron chi connectivity index (χ1n) is 3.57. The average Bonchev–Trinajstić information content (AvgIpc) is 2.30. The smallest absolute Gasteiger partial charge is 0.133 e. The fraction of sp³-hybridized carbons (Fsp3) is 0.571. The van der Waals surface area contributed by atoms with Crippen molar-refractivity contribution in [2.75, 3.05) is 6.61 Å². The molecule has 4 heteroatoms. The zero-order valence-corrected chi connectivity index (χ0v) is 7.89. The molecule has 1 aliphatic heterocycles. The van der Waals surface area contributed by atoms with E-state index in [0.29, 0.717) is 6.61 Å². The molecule has 2 rings (SSSR count). The van der Waals surface area contributed by atoms with Crippen molar-refractivity contribution in [3.05, 3.63) is 15.9 Å². The number of aryl methyl sites for hydroxylation is 1. The summed E-state index contributed by atoms with van der Waals surface area (Å²) in [6.07, 6.45) is 0.977. The third kappa shape index (κ3) is 1.10. The zero-order chi connectivity index (χ0) is 7.84. The molecule has 0 aromatic carbocycles. The van der Waals surface area contributed by atoms with Crippen molar-refractivity contribution in [3.63, 3.8) is 0 Å². The number of ether oxygens (including phenoxy) is 1. The summed E-state index contributed by atoms with van der Waals surface area (Å²) in [5, 5.41) is 4.25. The average molecular weight is 217 g/mol. The minimum atomic E-state index is 0.698. The van der Waals surface area contributed by atoms with Crippen LogP contribution >= 0.6 is 15.9 Å². The van der Waals surface area contributed by atoms with Crippen LogP contribution in [0.5, 0.6) is 0 Å². The number of hydrogen-bond acceptors (Lipinski definition) is 2. The van der Waals surface area contributed by atoms with Crippen LogP contribution < -0.4 is 0 Å². The zero-order valence-electron chi connectivity index (χ0n) is 6.30. The molecule has 0 fully saturated rings. The van der Waals surface area contributed by atoms with Gasteiger partial charge in [-0.2, -0.15) is 5.10 Å². The van der Waals surface area contributed by atoms with E-state index in [1.54, 1.807) is 0 Å². The quantitative estimate of drug-likeness (QED) is 0.654. The lowest BCUT2D eigenvalue weighted by Gasteiger charge is -2.12. The predicted octanol–water partition coefficient (Wildman–Crippen LogP) is 1.26. The minimum Gasteiger partial charge on any atom is -0.376 e. The van der Waals surface area contributed by atoms with Crippen molar-refractivity contribution in [2.24, 2.45) is 7.05 Å². The van der Waals surface area contributed by atoms with Crippen LogP contribution in [0.25, 0.3) is 0 Å². The third-order valence-corrected chi connectivity index (χ3v) is 2.59. The standard InChI is InChI=1S/C7H9BrN2O/c1-10-6-2-3-11-4-5(6)7(8)9-10/h2-4H2,1H3. The maximum Gasteiger partial charge on any atom is 0.133 e. The van der Waals surface area contributed by atoms with E-state index >= 15 is 0 Å². The van der Waals surface area contributed by atoms with Gasteiger partial charge < -0.3 is 4.74 Å². The Morgan fingerprint density at radius 2 is 2.45 bits per heavy atom. The molecule has 2 heterocycles. The van der Waals surface area contributed by atoms with Gasteiger partial charge in [0.05, 0.1) is 13.2 Å². The maximum atomic E-state index is 5.31. The van der Waals surface area contributed by atoms with Crippen molar-refractivity contribution in [2.45, 2.75) is 13.0 Å². The van der Waals surface area contributed by atoms with Crippen LogP contribution in [0.15, 0.2) is 4.60 Å². The summed E-state index contributed by atoms with van der Waals surface area (Å²) < 4.78 is 8.15. The van der Waals surface area contributed by atoms with Gasteiger partial charge >= 0.3 is 0 Å². The monoisotopic (exact) mass is 216 g/mol. The summed E-state index contributed by atoms with van der Waals surface area (Å²) in [5.74, 6) is 0. The molecule has 0 amide bonds. The summed E-state index contributed by atoms with van der Waals surface area (Å²) >= 11 is 3.39. The van der Waals surface area contributed by atoms with E-state index in [9.17, 15) is 0 Å². The van der Waals surface area contributed by atoms with Gasteiger partial charge in [0.1, 0.15) is 4.60 Å². The molecule has 0 saturated heterocycles. The molecule has 1 aromatic rings. The van der Waals surface area contributed by atoms with Crippen LogP contribution in [0.4, 0.5) is 0 Å². The van der Waals surface area contributed by atoms with Gasteiger partial charge in [-0.25, -0.2) is 0 Å². The largest absolute Gasteiger partial charge is 0.376 e. The normalized spacial score (nSPS) is 16.5. The van der Waals surface area contributed by atoms with E-state index in [4.69, 9.17) is 4.74 Å². The van der Waals surface area contributed by atoms with E-state index in [0.717, 1.165) is 17.6 Å². The van der Waals surface area contributed by atoms with E-state index in [1.165, 1.54) is 11.3 Å². The molecule has 0 spiro atoms. The van der Waals surface area contributed by atoms with Crippen molar-refractivity contribution in [1.82, 2.24) is 9.78 Å². The lowest BCUT2D eigenvalue weighted by Crippen LogP contribution is -2.11. The molecule has 1 aliphatic rings. The van der Waals surface area contributed by atoms with E-state index in [-0.39, 0.29) is 0 Å². The highest BCUT2D eigenvalue weighted by Gasteiger charge is 2.17. The molecule has 0 aliphatic carbocycles. The van der Waals surface area contributed by atoms with Crippen LogP contribution in [0.2, 0.25) is 0 Å². The Balaban J connectivity index is 2.52. The Hall–Kier alpha value is -0.350. The highest BCUT2D eigenvalue weighted by atomic mass is 79.9. The van der Waals surface area contributed by atoms with E-state index in [1.807, 2.05) is 11.7 Å².